The van der Waals surface area contributed by atoms with Crippen LogP contribution in [0, 0.1) is 0 Å². The fraction of sp³-hybridized carbons (Fsp3) is 0.409. The van der Waals surface area contributed by atoms with Crippen LogP contribution in [0.15, 0.2) is 42.5 Å². The van der Waals surface area contributed by atoms with Gasteiger partial charge in [0.15, 0.2) is 0 Å². The number of carbonyl (C=O) groups is 1. The first-order valence-corrected chi connectivity index (χ1v) is 9.62. The van der Waals surface area contributed by atoms with Crippen LogP contribution in [0.25, 0.3) is 0 Å². The molecule has 29 heavy (non-hydrogen) atoms. The number of hydrogen-bond donors (Lipinski definition) is 1. The summed E-state index contributed by atoms with van der Waals surface area (Å²) in [6, 6.07) is 12.9. The third kappa shape index (κ3) is 4.26. The Morgan fingerprint density at radius 2 is 1.59 bits per heavy atom. The average molecular weight is 397 g/mol. The van der Waals surface area contributed by atoms with Crippen LogP contribution in [0.3, 0.4) is 0 Å². The molecule has 1 heterocycles. The van der Waals surface area contributed by atoms with Gasteiger partial charge in [-0.3, -0.25) is 4.79 Å². The standard InChI is InChI=1S/C22H28BNO5/c1-21(2)22(3,4)29-23(28-21)16-12-11-15(19(13-16)27-6)14-24-20(25)17-9-7-8-10-18(17)26-5/h7-13H,14H2,1-6H3,(H,24,25). The second-order valence-corrected chi connectivity index (χ2v) is 8.04. The molecule has 1 saturated heterocycles. The van der Waals surface area contributed by atoms with Gasteiger partial charge in [-0.05, 0) is 51.4 Å². The van der Waals surface area contributed by atoms with Crippen LogP contribution in [0.4, 0.5) is 0 Å². The zero-order valence-electron chi connectivity index (χ0n) is 17.9. The van der Waals surface area contributed by atoms with E-state index in [2.05, 4.69) is 5.32 Å². The van der Waals surface area contributed by atoms with Gasteiger partial charge in [-0.1, -0.05) is 24.3 Å². The van der Waals surface area contributed by atoms with Crippen molar-refractivity contribution in [3.8, 4) is 11.5 Å². The van der Waals surface area contributed by atoms with Gasteiger partial charge in [-0.15, -0.1) is 0 Å². The summed E-state index contributed by atoms with van der Waals surface area (Å²) in [5, 5.41) is 2.92. The SMILES string of the molecule is COc1cc(B2OC(C)(C)C(C)(C)O2)ccc1CNC(=O)c1ccccc1OC. The Bertz CT molecular complexity index is 881. The second-order valence-electron chi connectivity index (χ2n) is 8.04. The number of hydrogen-bond acceptors (Lipinski definition) is 5. The van der Waals surface area contributed by atoms with Crippen molar-refractivity contribution in [2.75, 3.05) is 14.2 Å². The van der Waals surface area contributed by atoms with Crippen LogP contribution < -0.4 is 20.3 Å². The van der Waals surface area contributed by atoms with Gasteiger partial charge in [0.25, 0.3) is 5.91 Å². The van der Waals surface area contributed by atoms with Crippen molar-refractivity contribution in [2.45, 2.75) is 45.4 Å². The third-order valence-electron chi connectivity index (χ3n) is 5.63. The van der Waals surface area contributed by atoms with E-state index in [4.69, 9.17) is 18.8 Å². The third-order valence-corrected chi connectivity index (χ3v) is 5.63. The number of nitrogens with one attached hydrogen (secondary N) is 1. The lowest BCUT2D eigenvalue weighted by Gasteiger charge is -2.32. The molecule has 0 bridgehead atoms. The Labute approximate surface area is 172 Å². The van der Waals surface area contributed by atoms with Crippen molar-refractivity contribution >= 4 is 18.5 Å². The summed E-state index contributed by atoms with van der Waals surface area (Å²) in [6.45, 7) is 8.40. The Morgan fingerprint density at radius 3 is 2.21 bits per heavy atom. The first-order chi connectivity index (χ1) is 13.7. The molecule has 6 nitrogen and oxygen atoms in total. The Morgan fingerprint density at radius 1 is 0.966 bits per heavy atom. The summed E-state index contributed by atoms with van der Waals surface area (Å²) < 4.78 is 23.0. The molecule has 3 rings (SSSR count). The van der Waals surface area contributed by atoms with Crippen molar-refractivity contribution < 1.29 is 23.6 Å². The summed E-state index contributed by atoms with van der Waals surface area (Å²) in [5.41, 5.74) is 1.40. The topological polar surface area (TPSA) is 66.0 Å². The normalized spacial score (nSPS) is 17.1. The van der Waals surface area contributed by atoms with Gasteiger partial charge < -0.3 is 24.1 Å². The lowest BCUT2D eigenvalue weighted by molar-refractivity contribution is 0.00578. The minimum atomic E-state index is -0.467. The molecule has 1 aliphatic heterocycles. The van der Waals surface area contributed by atoms with Gasteiger partial charge >= 0.3 is 7.12 Å². The summed E-state index contributed by atoms with van der Waals surface area (Å²) in [6.07, 6.45) is 0. The smallest absolute Gasteiger partial charge is 0.494 e. The lowest BCUT2D eigenvalue weighted by Crippen LogP contribution is -2.41. The largest absolute Gasteiger partial charge is 0.496 e. The Hall–Kier alpha value is -2.51. The molecule has 2 aromatic carbocycles. The highest BCUT2D eigenvalue weighted by atomic mass is 16.7. The molecule has 0 aromatic heterocycles. The molecule has 154 valence electrons. The number of methoxy groups -OCH3 is 2. The maximum Gasteiger partial charge on any atom is 0.494 e. The van der Waals surface area contributed by atoms with E-state index < -0.39 is 18.3 Å². The highest BCUT2D eigenvalue weighted by Gasteiger charge is 2.51. The van der Waals surface area contributed by atoms with Crippen LogP contribution >= 0.6 is 0 Å². The van der Waals surface area contributed by atoms with E-state index in [1.807, 2.05) is 52.0 Å². The van der Waals surface area contributed by atoms with E-state index in [9.17, 15) is 4.79 Å². The summed E-state index contributed by atoms with van der Waals surface area (Å²) in [7, 11) is 2.68. The van der Waals surface area contributed by atoms with Crippen molar-refractivity contribution in [3.05, 3.63) is 53.6 Å². The molecule has 1 fully saturated rings. The predicted molar refractivity (Wildman–Crippen MR) is 113 cm³/mol. The van der Waals surface area contributed by atoms with Crippen LogP contribution in [0.2, 0.25) is 0 Å². The molecule has 0 radical (unpaired) electrons. The van der Waals surface area contributed by atoms with Crippen LogP contribution in [-0.2, 0) is 15.9 Å². The highest BCUT2D eigenvalue weighted by Crippen LogP contribution is 2.36. The molecule has 1 amide bonds. The van der Waals surface area contributed by atoms with E-state index >= 15 is 0 Å². The minimum absolute atomic E-state index is 0.209. The first-order valence-electron chi connectivity index (χ1n) is 9.62. The molecule has 0 aliphatic carbocycles. The molecule has 1 N–H and O–H groups in total. The minimum Gasteiger partial charge on any atom is -0.496 e. The molecule has 0 spiro atoms. The predicted octanol–water partition coefficient (Wildman–Crippen LogP) is 2.93. The van der Waals surface area contributed by atoms with E-state index in [0.29, 0.717) is 23.6 Å². The molecule has 1 aliphatic rings. The maximum absolute atomic E-state index is 12.5. The number of amides is 1. The quantitative estimate of drug-likeness (QED) is 0.760. The summed E-state index contributed by atoms with van der Waals surface area (Å²) in [4.78, 5) is 12.5. The average Bonchev–Trinajstić information content (AvgIpc) is 2.93. The number of benzene rings is 2. The van der Waals surface area contributed by atoms with Gasteiger partial charge in [-0.25, -0.2) is 0 Å². The first kappa shape index (κ1) is 21.2. The van der Waals surface area contributed by atoms with E-state index in [1.165, 1.54) is 0 Å². The monoisotopic (exact) mass is 397 g/mol. The van der Waals surface area contributed by atoms with Crippen LogP contribution in [0.1, 0.15) is 43.6 Å². The van der Waals surface area contributed by atoms with Crippen LogP contribution in [-0.4, -0.2) is 38.4 Å². The zero-order chi connectivity index (χ0) is 21.2. The highest BCUT2D eigenvalue weighted by molar-refractivity contribution is 6.62. The van der Waals surface area contributed by atoms with E-state index in [0.717, 1.165) is 11.0 Å². The van der Waals surface area contributed by atoms with Crippen molar-refractivity contribution in [1.29, 1.82) is 0 Å². The number of carbonyl (C=O) groups excluding carboxylic acids is 1. The van der Waals surface area contributed by atoms with Crippen LogP contribution in [0.5, 0.6) is 11.5 Å². The van der Waals surface area contributed by atoms with Gasteiger partial charge in [0, 0.05) is 12.1 Å². The van der Waals surface area contributed by atoms with Gasteiger partial charge in [0.05, 0.1) is 31.0 Å². The molecule has 0 saturated carbocycles. The molecular formula is C22H28BNO5. The molecule has 0 atom stereocenters. The zero-order valence-corrected chi connectivity index (χ0v) is 17.9. The molecule has 7 heteroatoms. The maximum atomic E-state index is 12.5. The van der Waals surface area contributed by atoms with Gasteiger partial charge in [0.2, 0.25) is 0 Å². The number of ether oxygens (including phenoxy) is 2. The Kier molecular flexibility index (Phi) is 5.91. The summed E-state index contributed by atoms with van der Waals surface area (Å²) >= 11 is 0. The van der Waals surface area contributed by atoms with Gasteiger partial charge in [-0.2, -0.15) is 0 Å². The van der Waals surface area contributed by atoms with Crippen molar-refractivity contribution in [1.82, 2.24) is 5.32 Å². The number of para-hydroxylation sites is 1. The second kappa shape index (κ2) is 8.09. The molecule has 0 unspecified atom stereocenters. The fourth-order valence-electron chi connectivity index (χ4n) is 3.14. The van der Waals surface area contributed by atoms with E-state index in [-0.39, 0.29) is 5.91 Å². The fourth-order valence-corrected chi connectivity index (χ4v) is 3.14. The summed E-state index contributed by atoms with van der Waals surface area (Å²) in [5.74, 6) is 0.991. The van der Waals surface area contributed by atoms with Crippen molar-refractivity contribution in [3.63, 3.8) is 0 Å². The Balaban J connectivity index is 1.74. The number of rotatable bonds is 6. The van der Waals surface area contributed by atoms with E-state index in [1.54, 1.807) is 32.4 Å². The van der Waals surface area contributed by atoms with Crippen molar-refractivity contribution in [2.24, 2.45) is 0 Å². The van der Waals surface area contributed by atoms with Gasteiger partial charge in [0.1, 0.15) is 11.5 Å². The molecular weight excluding hydrogens is 369 g/mol. The molecule has 2 aromatic rings. The lowest BCUT2D eigenvalue weighted by atomic mass is 9.78.